The Balaban J connectivity index is 1.92. The summed E-state index contributed by atoms with van der Waals surface area (Å²) in [6.45, 7) is 5.26. The Bertz CT molecular complexity index is 922. The smallest absolute Gasteiger partial charge is 0.295 e. The van der Waals surface area contributed by atoms with Gasteiger partial charge in [0.25, 0.3) is 11.7 Å². The minimum absolute atomic E-state index is 0.103. The van der Waals surface area contributed by atoms with E-state index in [1.165, 1.54) is 0 Å². The van der Waals surface area contributed by atoms with Crippen LogP contribution in [0.3, 0.4) is 0 Å². The molecule has 3 rings (SSSR count). The number of aliphatic hydroxyl groups is 1. The van der Waals surface area contributed by atoms with Crippen molar-refractivity contribution in [2.45, 2.75) is 52.0 Å². The van der Waals surface area contributed by atoms with E-state index in [0.717, 1.165) is 32.1 Å². The maximum Gasteiger partial charge on any atom is 0.295 e. The van der Waals surface area contributed by atoms with Crippen molar-refractivity contribution >= 4 is 17.4 Å². The van der Waals surface area contributed by atoms with E-state index in [-0.39, 0.29) is 11.3 Å². The molecule has 1 aliphatic rings. The highest BCUT2D eigenvalue weighted by Crippen LogP contribution is 2.39. The van der Waals surface area contributed by atoms with Gasteiger partial charge in [-0.1, -0.05) is 39.2 Å². The van der Waals surface area contributed by atoms with Gasteiger partial charge in [0, 0.05) is 24.5 Å². The molecule has 6 heteroatoms. The first-order valence-corrected chi connectivity index (χ1v) is 11.0. The number of pyridine rings is 1. The molecular weight excluding hydrogens is 392 g/mol. The number of aromatic nitrogens is 1. The normalized spacial score (nSPS) is 17.9. The van der Waals surface area contributed by atoms with Gasteiger partial charge in [0.1, 0.15) is 11.5 Å². The molecule has 1 aromatic heterocycles. The van der Waals surface area contributed by atoms with Crippen molar-refractivity contribution in [3.05, 3.63) is 65.5 Å². The molecule has 6 nitrogen and oxygen atoms in total. The number of rotatable bonds is 10. The third-order valence-electron chi connectivity index (χ3n) is 5.44. The third-order valence-corrected chi connectivity index (χ3v) is 5.44. The number of nitrogens with zero attached hydrogens (tertiary/aromatic N) is 2. The summed E-state index contributed by atoms with van der Waals surface area (Å²) in [5, 5.41) is 11.0. The van der Waals surface area contributed by atoms with Crippen molar-refractivity contribution in [3.8, 4) is 5.75 Å². The number of hydrogen-bond donors (Lipinski definition) is 1. The molecule has 1 saturated heterocycles. The molecule has 1 atom stereocenters. The Hall–Kier alpha value is -3.15. The van der Waals surface area contributed by atoms with E-state index in [1.54, 1.807) is 47.6 Å². The summed E-state index contributed by atoms with van der Waals surface area (Å²) in [6.07, 6.45) is 8.17. The molecule has 0 spiro atoms. The average molecular weight is 423 g/mol. The van der Waals surface area contributed by atoms with E-state index < -0.39 is 17.7 Å². The number of likely N-dealkylation sites (tertiary alicyclic amines) is 1. The van der Waals surface area contributed by atoms with E-state index in [1.807, 2.05) is 13.0 Å². The third kappa shape index (κ3) is 5.13. The molecule has 164 valence electrons. The Morgan fingerprint density at radius 1 is 1.06 bits per heavy atom. The van der Waals surface area contributed by atoms with Crippen molar-refractivity contribution in [2.75, 3.05) is 13.2 Å². The van der Waals surface area contributed by atoms with E-state index in [4.69, 9.17) is 4.74 Å². The zero-order valence-corrected chi connectivity index (χ0v) is 18.2. The molecule has 0 aliphatic carbocycles. The second-order valence-corrected chi connectivity index (χ2v) is 7.71. The topological polar surface area (TPSA) is 79.7 Å². The molecule has 0 radical (unpaired) electrons. The molecule has 0 bridgehead atoms. The lowest BCUT2D eigenvalue weighted by Crippen LogP contribution is -2.30. The first-order chi connectivity index (χ1) is 15.1. The number of aliphatic hydroxyl groups excluding tert-OH is 1. The van der Waals surface area contributed by atoms with Crippen molar-refractivity contribution in [3.63, 3.8) is 0 Å². The Morgan fingerprint density at radius 3 is 2.45 bits per heavy atom. The summed E-state index contributed by atoms with van der Waals surface area (Å²) < 4.78 is 5.72. The minimum atomic E-state index is -0.664. The fourth-order valence-electron chi connectivity index (χ4n) is 3.73. The molecule has 1 aliphatic heterocycles. The molecule has 1 fully saturated rings. The molecular formula is C25H30N2O4. The summed E-state index contributed by atoms with van der Waals surface area (Å²) in [5.74, 6) is -0.717. The van der Waals surface area contributed by atoms with E-state index >= 15 is 0 Å². The maximum atomic E-state index is 12.9. The highest BCUT2D eigenvalue weighted by atomic mass is 16.5. The second kappa shape index (κ2) is 10.8. The number of benzene rings is 1. The molecule has 1 N–H and O–H groups in total. The Kier molecular flexibility index (Phi) is 7.82. The first kappa shape index (κ1) is 22.5. The van der Waals surface area contributed by atoms with Gasteiger partial charge in [0.15, 0.2) is 0 Å². The summed E-state index contributed by atoms with van der Waals surface area (Å²) in [6, 6.07) is 9.91. The van der Waals surface area contributed by atoms with Crippen LogP contribution in [0.2, 0.25) is 0 Å². The quantitative estimate of drug-likeness (QED) is 0.256. The van der Waals surface area contributed by atoms with E-state index in [9.17, 15) is 14.7 Å². The number of ether oxygens (including phenoxy) is 1. The van der Waals surface area contributed by atoms with Gasteiger partial charge in [0.05, 0.1) is 18.2 Å². The summed E-state index contributed by atoms with van der Waals surface area (Å²) >= 11 is 0. The monoisotopic (exact) mass is 422 g/mol. The second-order valence-electron chi connectivity index (χ2n) is 7.71. The van der Waals surface area contributed by atoms with E-state index in [2.05, 4.69) is 11.9 Å². The molecule has 31 heavy (non-hydrogen) atoms. The zero-order chi connectivity index (χ0) is 22.2. The fraction of sp³-hybridized carbons (Fsp3) is 0.400. The molecule has 1 unspecified atom stereocenters. The predicted octanol–water partition coefficient (Wildman–Crippen LogP) is 4.87. The largest absolute Gasteiger partial charge is 0.507 e. The van der Waals surface area contributed by atoms with Crippen LogP contribution >= 0.6 is 0 Å². The van der Waals surface area contributed by atoms with Gasteiger partial charge in [-0.05, 0) is 48.7 Å². The lowest BCUT2D eigenvalue weighted by atomic mass is 9.96. The highest BCUT2D eigenvalue weighted by molar-refractivity contribution is 6.46. The van der Waals surface area contributed by atoms with Gasteiger partial charge in [-0.2, -0.15) is 0 Å². The Labute approximate surface area is 183 Å². The molecule has 2 heterocycles. The lowest BCUT2D eigenvalue weighted by Gasteiger charge is -2.24. The van der Waals surface area contributed by atoms with Crippen LogP contribution in [0.4, 0.5) is 0 Å². The van der Waals surface area contributed by atoms with Gasteiger partial charge in [-0.25, -0.2) is 0 Å². The lowest BCUT2D eigenvalue weighted by molar-refractivity contribution is -0.139. The maximum absolute atomic E-state index is 12.9. The van der Waals surface area contributed by atoms with Gasteiger partial charge in [0.2, 0.25) is 0 Å². The van der Waals surface area contributed by atoms with Crippen LogP contribution in [-0.4, -0.2) is 39.8 Å². The van der Waals surface area contributed by atoms with Crippen LogP contribution in [0.15, 0.2) is 54.4 Å². The van der Waals surface area contributed by atoms with Gasteiger partial charge < -0.3 is 14.7 Å². The van der Waals surface area contributed by atoms with E-state index in [0.29, 0.717) is 30.0 Å². The average Bonchev–Trinajstić information content (AvgIpc) is 3.06. The number of amides is 1. The van der Waals surface area contributed by atoms with Gasteiger partial charge in [-0.15, -0.1) is 0 Å². The van der Waals surface area contributed by atoms with Crippen LogP contribution in [-0.2, 0) is 9.59 Å². The number of Topliss-reactive ketones (excluding diaryl/α,β-unsaturated/α-hetero) is 1. The van der Waals surface area contributed by atoms with Crippen LogP contribution in [0.1, 0.15) is 63.1 Å². The molecule has 2 aromatic rings. The molecule has 1 aromatic carbocycles. The van der Waals surface area contributed by atoms with Crippen LogP contribution in [0.25, 0.3) is 5.76 Å². The summed E-state index contributed by atoms with van der Waals surface area (Å²) in [4.78, 5) is 31.3. The first-order valence-electron chi connectivity index (χ1n) is 11.0. The number of carbonyl (C=O) groups is 2. The summed E-state index contributed by atoms with van der Waals surface area (Å²) in [7, 11) is 0. The van der Waals surface area contributed by atoms with Crippen molar-refractivity contribution < 1.29 is 19.4 Å². The number of ketones is 1. The number of carbonyl (C=O) groups excluding carboxylic acids is 2. The molecule has 0 saturated carbocycles. The SMILES string of the molecule is CCCCCOc1ccc(/C(O)=C2/C(=O)C(=O)N(CCCC)C2c2cccnc2)cc1. The predicted molar refractivity (Wildman–Crippen MR) is 120 cm³/mol. The number of unbranched alkanes of at least 4 members (excludes halogenated alkanes) is 3. The zero-order valence-electron chi connectivity index (χ0n) is 18.2. The summed E-state index contributed by atoms with van der Waals surface area (Å²) in [5.41, 5.74) is 1.28. The highest BCUT2D eigenvalue weighted by Gasteiger charge is 2.45. The van der Waals surface area contributed by atoms with Gasteiger partial charge >= 0.3 is 0 Å². The van der Waals surface area contributed by atoms with Crippen molar-refractivity contribution in [1.29, 1.82) is 0 Å². The minimum Gasteiger partial charge on any atom is -0.507 e. The molecule has 1 amide bonds. The Morgan fingerprint density at radius 2 is 1.81 bits per heavy atom. The van der Waals surface area contributed by atoms with Gasteiger partial charge in [-0.3, -0.25) is 14.6 Å². The van der Waals surface area contributed by atoms with Crippen LogP contribution in [0.5, 0.6) is 5.75 Å². The van der Waals surface area contributed by atoms with Crippen molar-refractivity contribution in [1.82, 2.24) is 9.88 Å². The van der Waals surface area contributed by atoms with Crippen LogP contribution in [0, 0.1) is 0 Å². The van der Waals surface area contributed by atoms with Crippen molar-refractivity contribution in [2.24, 2.45) is 0 Å². The number of hydrogen-bond acceptors (Lipinski definition) is 5. The standard InChI is InChI=1S/C25H30N2O4/c1-3-5-7-16-31-20-12-10-18(11-13-20)23(28)21-22(19-9-8-14-26-17-19)27(15-6-4-2)25(30)24(21)29/h8-14,17,22,28H,3-7,15-16H2,1-2H3/b23-21-. The fourth-order valence-corrected chi connectivity index (χ4v) is 3.73. The van der Waals surface area contributed by atoms with Crippen LogP contribution < -0.4 is 4.74 Å².